The molecule has 2 atom stereocenters. The number of alkyl carbamates (subject to hydrolysis) is 1. The molecule has 0 aromatic rings. The molecule has 106 valence electrons. The first-order valence-electron chi connectivity index (χ1n) is 6.23. The Labute approximate surface area is 110 Å². The lowest BCUT2D eigenvalue weighted by Gasteiger charge is -2.27. The number of likely N-dealkylation sites (tertiary alicyclic amines) is 1. The van der Waals surface area contributed by atoms with Crippen molar-refractivity contribution in [1.29, 1.82) is 0 Å². The van der Waals surface area contributed by atoms with Crippen LogP contribution < -0.4 is 16.0 Å². The summed E-state index contributed by atoms with van der Waals surface area (Å²) >= 11 is 0. The van der Waals surface area contributed by atoms with Gasteiger partial charge in [0.2, 0.25) is 11.8 Å². The van der Waals surface area contributed by atoms with E-state index in [2.05, 4.69) is 20.7 Å². The number of amides is 3. The van der Waals surface area contributed by atoms with Crippen LogP contribution in [0.1, 0.15) is 6.42 Å². The summed E-state index contributed by atoms with van der Waals surface area (Å²) < 4.78 is 4.52. The number of hydrogen-bond donors (Lipinski definition) is 3. The number of nitrogens with one attached hydrogen (secondary N) is 3. The summed E-state index contributed by atoms with van der Waals surface area (Å²) in [6, 6.07) is -0.454. The highest BCUT2D eigenvalue weighted by Gasteiger charge is 2.33. The maximum atomic E-state index is 12.2. The van der Waals surface area contributed by atoms with Gasteiger partial charge in [-0.05, 0) is 6.42 Å². The molecule has 2 aliphatic heterocycles. The van der Waals surface area contributed by atoms with Gasteiger partial charge in [0.05, 0.1) is 19.7 Å². The van der Waals surface area contributed by atoms with Gasteiger partial charge in [0.1, 0.15) is 6.04 Å². The number of carbonyl (C=O) groups is 3. The van der Waals surface area contributed by atoms with Crippen LogP contribution in [0.4, 0.5) is 4.79 Å². The third-order valence-corrected chi connectivity index (χ3v) is 3.32. The largest absolute Gasteiger partial charge is 0.453 e. The van der Waals surface area contributed by atoms with E-state index in [1.807, 2.05) is 0 Å². The van der Waals surface area contributed by atoms with E-state index in [9.17, 15) is 14.4 Å². The highest BCUT2D eigenvalue weighted by atomic mass is 16.5. The minimum absolute atomic E-state index is 0.0471. The maximum absolute atomic E-state index is 12.2. The van der Waals surface area contributed by atoms with Crippen LogP contribution in [-0.4, -0.2) is 68.2 Å². The van der Waals surface area contributed by atoms with Gasteiger partial charge in [-0.2, -0.15) is 0 Å². The molecule has 0 spiro atoms. The second kappa shape index (κ2) is 5.87. The van der Waals surface area contributed by atoms with Crippen LogP contribution in [0.5, 0.6) is 0 Å². The van der Waals surface area contributed by atoms with Crippen molar-refractivity contribution < 1.29 is 19.1 Å². The molecular weight excluding hydrogens is 252 g/mol. The quantitative estimate of drug-likeness (QED) is 0.540. The fraction of sp³-hybridized carbons (Fsp3) is 0.727. The SMILES string of the molecule is COC(=O)NC1CCN(C(=O)C2CNC(=O)CN2)C1. The smallest absolute Gasteiger partial charge is 0.407 e. The Morgan fingerprint density at radius 3 is 2.89 bits per heavy atom. The molecule has 2 aliphatic rings. The van der Waals surface area contributed by atoms with Crippen LogP contribution in [-0.2, 0) is 14.3 Å². The third kappa shape index (κ3) is 3.34. The normalized spacial score (nSPS) is 26.8. The predicted octanol–water partition coefficient (Wildman–Crippen LogP) is -1.97. The van der Waals surface area contributed by atoms with Gasteiger partial charge in [-0.25, -0.2) is 4.79 Å². The summed E-state index contributed by atoms with van der Waals surface area (Å²) in [5, 5.41) is 8.23. The van der Waals surface area contributed by atoms with Crippen LogP contribution in [0.3, 0.4) is 0 Å². The van der Waals surface area contributed by atoms with E-state index in [-0.39, 0.29) is 30.4 Å². The molecule has 0 aromatic carbocycles. The Morgan fingerprint density at radius 2 is 2.26 bits per heavy atom. The number of carbonyl (C=O) groups excluding carboxylic acids is 3. The Morgan fingerprint density at radius 1 is 1.47 bits per heavy atom. The predicted molar refractivity (Wildman–Crippen MR) is 65.3 cm³/mol. The van der Waals surface area contributed by atoms with Gasteiger partial charge < -0.3 is 20.3 Å². The molecule has 19 heavy (non-hydrogen) atoms. The lowest BCUT2D eigenvalue weighted by atomic mass is 10.2. The molecule has 8 heteroatoms. The van der Waals surface area contributed by atoms with Crippen LogP contribution in [0, 0.1) is 0 Å². The Kier molecular flexibility index (Phi) is 4.20. The second-order valence-electron chi connectivity index (χ2n) is 4.64. The fourth-order valence-electron chi connectivity index (χ4n) is 2.27. The van der Waals surface area contributed by atoms with Crippen LogP contribution in [0.15, 0.2) is 0 Å². The lowest BCUT2D eigenvalue weighted by Crippen LogP contribution is -2.58. The van der Waals surface area contributed by atoms with Gasteiger partial charge in [-0.3, -0.25) is 14.9 Å². The average molecular weight is 270 g/mol. The van der Waals surface area contributed by atoms with E-state index >= 15 is 0 Å². The fourth-order valence-corrected chi connectivity index (χ4v) is 2.27. The van der Waals surface area contributed by atoms with Crippen LogP contribution in [0.25, 0.3) is 0 Å². The summed E-state index contributed by atoms with van der Waals surface area (Å²) in [6.45, 7) is 1.54. The van der Waals surface area contributed by atoms with Crippen molar-refractivity contribution in [3.05, 3.63) is 0 Å². The molecule has 0 radical (unpaired) electrons. The Hall–Kier alpha value is -1.83. The highest BCUT2D eigenvalue weighted by molar-refractivity contribution is 5.87. The maximum Gasteiger partial charge on any atom is 0.407 e. The molecular formula is C11H18N4O4. The summed E-state index contributed by atoms with van der Waals surface area (Å²) in [4.78, 5) is 36.0. The summed E-state index contributed by atoms with van der Waals surface area (Å²) in [5.74, 6) is -0.148. The number of piperazine rings is 1. The first-order chi connectivity index (χ1) is 9.10. The van der Waals surface area contributed by atoms with E-state index < -0.39 is 6.09 Å². The molecule has 3 amide bonds. The summed E-state index contributed by atoms with van der Waals surface area (Å²) in [5.41, 5.74) is 0. The molecule has 0 bridgehead atoms. The Bertz CT molecular complexity index is 377. The van der Waals surface area contributed by atoms with Gasteiger partial charge in [0, 0.05) is 19.6 Å². The van der Waals surface area contributed by atoms with Gasteiger partial charge >= 0.3 is 6.09 Å². The van der Waals surface area contributed by atoms with Crippen molar-refractivity contribution in [2.75, 3.05) is 33.3 Å². The molecule has 2 heterocycles. The van der Waals surface area contributed by atoms with Gasteiger partial charge in [-0.1, -0.05) is 0 Å². The summed E-state index contributed by atoms with van der Waals surface area (Å²) in [7, 11) is 1.31. The second-order valence-corrected chi connectivity index (χ2v) is 4.64. The van der Waals surface area contributed by atoms with Gasteiger partial charge in [-0.15, -0.1) is 0 Å². The molecule has 2 unspecified atom stereocenters. The average Bonchev–Trinajstić information content (AvgIpc) is 2.87. The van der Waals surface area contributed by atoms with Crippen molar-refractivity contribution in [1.82, 2.24) is 20.9 Å². The van der Waals surface area contributed by atoms with E-state index in [0.717, 1.165) is 0 Å². The monoisotopic (exact) mass is 270 g/mol. The molecule has 8 nitrogen and oxygen atoms in total. The van der Waals surface area contributed by atoms with Gasteiger partial charge in [0.25, 0.3) is 0 Å². The lowest BCUT2D eigenvalue weighted by molar-refractivity contribution is -0.134. The zero-order valence-electron chi connectivity index (χ0n) is 10.8. The topological polar surface area (TPSA) is 99.8 Å². The van der Waals surface area contributed by atoms with Crippen molar-refractivity contribution in [2.24, 2.45) is 0 Å². The number of hydrogen-bond acceptors (Lipinski definition) is 5. The molecule has 2 fully saturated rings. The number of ether oxygens (including phenoxy) is 1. The standard InChI is InChI=1S/C11H18N4O4/c1-19-11(18)14-7-2-3-15(6-7)10(17)8-4-13-9(16)5-12-8/h7-8,12H,2-6H2,1H3,(H,13,16)(H,14,18). The van der Waals surface area contributed by atoms with Crippen molar-refractivity contribution in [3.63, 3.8) is 0 Å². The van der Waals surface area contributed by atoms with E-state index in [1.165, 1.54) is 7.11 Å². The van der Waals surface area contributed by atoms with Crippen molar-refractivity contribution in [2.45, 2.75) is 18.5 Å². The minimum atomic E-state index is -0.484. The molecule has 2 rings (SSSR count). The van der Waals surface area contributed by atoms with Crippen molar-refractivity contribution >= 4 is 17.9 Å². The zero-order chi connectivity index (χ0) is 13.8. The molecule has 3 N–H and O–H groups in total. The number of rotatable bonds is 2. The highest BCUT2D eigenvalue weighted by Crippen LogP contribution is 2.11. The van der Waals surface area contributed by atoms with E-state index in [1.54, 1.807) is 4.90 Å². The van der Waals surface area contributed by atoms with Crippen LogP contribution >= 0.6 is 0 Å². The first-order valence-corrected chi connectivity index (χ1v) is 6.23. The van der Waals surface area contributed by atoms with E-state index in [0.29, 0.717) is 26.1 Å². The minimum Gasteiger partial charge on any atom is -0.453 e. The number of nitrogens with zero attached hydrogens (tertiary/aromatic N) is 1. The molecule has 0 aromatic heterocycles. The Balaban J connectivity index is 1.81. The summed E-state index contributed by atoms with van der Waals surface area (Å²) in [6.07, 6.45) is 0.224. The zero-order valence-corrected chi connectivity index (χ0v) is 10.8. The van der Waals surface area contributed by atoms with E-state index in [4.69, 9.17) is 0 Å². The van der Waals surface area contributed by atoms with Gasteiger partial charge in [0.15, 0.2) is 0 Å². The first kappa shape index (κ1) is 13.6. The molecule has 0 aliphatic carbocycles. The number of methoxy groups -OCH3 is 1. The third-order valence-electron chi connectivity index (χ3n) is 3.32. The van der Waals surface area contributed by atoms with Crippen LogP contribution in [0.2, 0.25) is 0 Å². The van der Waals surface area contributed by atoms with Crippen molar-refractivity contribution in [3.8, 4) is 0 Å². The molecule has 0 saturated carbocycles. The molecule has 2 saturated heterocycles.